The van der Waals surface area contributed by atoms with E-state index in [-0.39, 0.29) is 6.04 Å². The minimum Gasteiger partial charge on any atom is -0.381 e. The summed E-state index contributed by atoms with van der Waals surface area (Å²) in [6.45, 7) is 2.14. The van der Waals surface area contributed by atoms with Gasteiger partial charge in [0.25, 0.3) is 10.2 Å². The van der Waals surface area contributed by atoms with Gasteiger partial charge in [0.2, 0.25) is 0 Å². The van der Waals surface area contributed by atoms with Gasteiger partial charge in [0, 0.05) is 37.9 Å². The fourth-order valence-corrected chi connectivity index (χ4v) is 5.31. The van der Waals surface area contributed by atoms with Crippen molar-refractivity contribution in [2.45, 2.75) is 25.4 Å². The van der Waals surface area contributed by atoms with Crippen LogP contribution in [0.5, 0.6) is 0 Å². The Hall–Kier alpha value is -1.89. The van der Waals surface area contributed by atoms with E-state index in [0.29, 0.717) is 26.2 Å². The smallest absolute Gasteiger partial charge is 0.282 e. The summed E-state index contributed by atoms with van der Waals surface area (Å²) in [7, 11) is -3.40. The molecule has 1 N–H and O–H groups in total. The third-order valence-electron chi connectivity index (χ3n) is 5.04. The number of nitrogens with one attached hydrogen (secondary N) is 1. The number of para-hydroxylation sites is 1. The first-order valence-corrected chi connectivity index (χ1v) is 10.2. The molecule has 0 spiro atoms. The van der Waals surface area contributed by atoms with E-state index in [1.165, 1.54) is 5.56 Å². The molecule has 0 saturated carbocycles. The van der Waals surface area contributed by atoms with Crippen LogP contribution in [0.1, 0.15) is 17.5 Å². The van der Waals surface area contributed by atoms with E-state index in [9.17, 15) is 8.42 Å². The molecule has 0 amide bonds. The molecule has 0 aliphatic carbocycles. The number of nitrogens with zero attached hydrogens (tertiary/aromatic N) is 2. The van der Waals surface area contributed by atoms with Crippen LogP contribution < -0.4 is 5.32 Å². The van der Waals surface area contributed by atoms with Crippen LogP contribution in [0.3, 0.4) is 0 Å². The first kappa shape index (κ1) is 16.6. The van der Waals surface area contributed by atoms with Crippen LogP contribution in [0.15, 0.2) is 54.6 Å². The van der Waals surface area contributed by atoms with Gasteiger partial charge in [-0.15, -0.1) is 0 Å². The molecule has 1 atom stereocenters. The molecular weight excluding hydrogens is 334 g/mol. The van der Waals surface area contributed by atoms with Crippen molar-refractivity contribution in [3.63, 3.8) is 0 Å². The maximum atomic E-state index is 13.0. The number of fused-ring (bicyclic) bond motifs is 1. The second kappa shape index (κ2) is 6.78. The Bertz CT molecular complexity index is 839. The van der Waals surface area contributed by atoms with Gasteiger partial charge in [-0.3, -0.25) is 0 Å². The van der Waals surface area contributed by atoms with Gasteiger partial charge in [-0.1, -0.05) is 42.5 Å². The van der Waals surface area contributed by atoms with Gasteiger partial charge in [-0.05, 0) is 36.1 Å². The Morgan fingerprint density at radius 1 is 0.880 bits per heavy atom. The summed E-state index contributed by atoms with van der Waals surface area (Å²) >= 11 is 0. The summed E-state index contributed by atoms with van der Waals surface area (Å²) in [5, 5.41) is 3.44. The van der Waals surface area contributed by atoms with Crippen LogP contribution in [0, 0.1) is 0 Å². The van der Waals surface area contributed by atoms with Crippen molar-refractivity contribution in [2.75, 3.05) is 25.0 Å². The molecule has 2 heterocycles. The molecule has 1 unspecified atom stereocenters. The maximum absolute atomic E-state index is 13.0. The summed E-state index contributed by atoms with van der Waals surface area (Å²) in [6.07, 6.45) is 1.62. The van der Waals surface area contributed by atoms with Gasteiger partial charge < -0.3 is 5.32 Å². The molecule has 0 bridgehead atoms. The Balaban J connectivity index is 1.43. The van der Waals surface area contributed by atoms with Crippen LogP contribution in [-0.4, -0.2) is 42.7 Å². The summed E-state index contributed by atoms with van der Waals surface area (Å²) in [4.78, 5) is 0. The molecular formula is C19H23N3O2S. The SMILES string of the molecule is O=S(=O)(N1CCc2ccccc2C1)N1CCC(Nc2ccccc2)C1. The normalized spacial score (nSPS) is 21.8. The summed E-state index contributed by atoms with van der Waals surface area (Å²) < 4.78 is 29.3. The van der Waals surface area contributed by atoms with Crippen molar-refractivity contribution in [2.24, 2.45) is 0 Å². The predicted octanol–water partition coefficient (Wildman–Crippen LogP) is 2.48. The highest BCUT2D eigenvalue weighted by atomic mass is 32.2. The third kappa shape index (κ3) is 3.42. The van der Waals surface area contributed by atoms with Crippen molar-refractivity contribution >= 4 is 15.9 Å². The topological polar surface area (TPSA) is 52.7 Å². The molecule has 2 aliphatic heterocycles. The zero-order chi connectivity index (χ0) is 17.3. The van der Waals surface area contributed by atoms with Gasteiger partial charge in [0.15, 0.2) is 0 Å². The fourth-order valence-electron chi connectivity index (χ4n) is 3.66. The molecule has 1 fully saturated rings. The highest BCUT2D eigenvalue weighted by Crippen LogP contribution is 2.25. The average molecular weight is 357 g/mol. The van der Waals surface area contributed by atoms with Gasteiger partial charge >= 0.3 is 0 Å². The van der Waals surface area contributed by atoms with Crippen molar-refractivity contribution in [3.05, 3.63) is 65.7 Å². The molecule has 1 saturated heterocycles. The molecule has 5 nitrogen and oxygen atoms in total. The van der Waals surface area contributed by atoms with E-state index < -0.39 is 10.2 Å². The highest BCUT2D eigenvalue weighted by Gasteiger charge is 2.36. The second-order valence-corrected chi connectivity index (χ2v) is 8.64. The fraction of sp³-hybridized carbons (Fsp3) is 0.368. The van der Waals surface area contributed by atoms with E-state index in [0.717, 1.165) is 24.1 Å². The van der Waals surface area contributed by atoms with Crippen molar-refractivity contribution < 1.29 is 8.42 Å². The van der Waals surface area contributed by atoms with Crippen LogP contribution in [0.25, 0.3) is 0 Å². The molecule has 0 aromatic heterocycles. The lowest BCUT2D eigenvalue weighted by Crippen LogP contribution is -2.45. The third-order valence-corrected chi connectivity index (χ3v) is 6.99. The first-order valence-electron chi connectivity index (χ1n) is 8.76. The lowest BCUT2D eigenvalue weighted by molar-refractivity contribution is 0.345. The quantitative estimate of drug-likeness (QED) is 0.915. The molecule has 2 aromatic rings. The van der Waals surface area contributed by atoms with E-state index >= 15 is 0 Å². The standard InChI is InChI=1S/C19H23N3O2S/c23-25(24,21-12-10-16-6-4-5-7-17(16)14-21)22-13-11-19(15-22)20-18-8-2-1-3-9-18/h1-9,19-20H,10-15H2. The molecule has 6 heteroatoms. The van der Waals surface area contributed by atoms with Gasteiger partial charge in [-0.25, -0.2) is 0 Å². The Kier molecular flexibility index (Phi) is 4.50. The zero-order valence-corrected chi connectivity index (χ0v) is 15.0. The molecule has 4 rings (SSSR count). The molecule has 132 valence electrons. The Labute approximate surface area is 149 Å². The number of hydrogen-bond donors (Lipinski definition) is 1. The van der Waals surface area contributed by atoms with E-state index in [4.69, 9.17) is 0 Å². The monoisotopic (exact) mass is 357 g/mol. The molecule has 25 heavy (non-hydrogen) atoms. The van der Waals surface area contributed by atoms with E-state index in [2.05, 4.69) is 11.4 Å². The maximum Gasteiger partial charge on any atom is 0.282 e. The van der Waals surface area contributed by atoms with Crippen molar-refractivity contribution in [1.82, 2.24) is 8.61 Å². The van der Waals surface area contributed by atoms with Gasteiger partial charge in [0.05, 0.1) is 0 Å². The summed E-state index contributed by atoms with van der Waals surface area (Å²) in [6, 6.07) is 18.2. The van der Waals surface area contributed by atoms with Crippen LogP contribution in [0.4, 0.5) is 5.69 Å². The van der Waals surface area contributed by atoms with Gasteiger partial charge in [0.1, 0.15) is 0 Å². The summed E-state index contributed by atoms with van der Waals surface area (Å²) in [5.74, 6) is 0. The van der Waals surface area contributed by atoms with Crippen molar-refractivity contribution in [1.29, 1.82) is 0 Å². The lowest BCUT2D eigenvalue weighted by Gasteiger charge is -2.31. The lowest BCUT2D eigenvalue weighted by atomic mass is 10.0. The number of hydrogen-bond acceptors (Lipinski definition) is 3. The largest absolute Gasteiger partial charge is 0.381 e. The van der Waals surface area contributed by atoms with Crippen LogP contribution in [0.2, 0.25) is 0 Å². The average Bonchev–Trinajstić information content (AvgIpc) is 3.11. The summed E-state index contributed by atoms with van der Waals surface area (Å²) in [5.41, 5.74) is 3.42. The zero-order valence-electron chi connectivity index (χ0n) is 14.1. The van der Waals surface area contributed by atoms with E-state index in [1.807, 2.05) is 48.5 Å². The van der Waals surface area contributed by atoms with Gasteiger partial charge in [-0.2, -0.15) is 17.0 Å². The first-order chi connectivity index (χ1) is 12.1. The van der Waals surface area contributed by atoms with Crippen LogP contribution in [-0.2, 0) is 23.2 Å². The molecule has 2 aromatic carbocycles. The molecule has 0 radical (unpaired) electrons. The van der Waals surface area contributed by atoms with Crippen LogP contribution >= 0.6 is 0 Å². The minimum absolute atomic E-state index is 0.161. The highest BCUT2D eigenvalue weighted by molar-refractivity contribution is 7.86. The Morgan fingerprint density at radius 2 is 1.60 bits per heavy atom. The minimum atomic E-state index is -3.40. The molecule has 2 aliphatic rings. The van der Waals surface area contributed by atoms with Crippen molar-refractivity contribution in [3.8, 4) is 0 Å². The number of anilines is 1. The van der Waals surface area contributed by atoms with E-state index in [1.54, 1.807) is 8.61 Å². The number of benzene rings is 2. The Morgan fingerprint density at radius 3 is 2.40 bits per heavy atom. The predicted molar refractivity (Wildman–Crippen MR) is 99.5 cm³/mol. The number of rotatable bonds is 4. The second-order valence-electron chi connectivity index (χ2n) is 6.71.